The topological polar surface area (TPSA) is 36.1 Å². The van der Waals surface area contributed by atoms with Gasteiger partial charge in [-0.25, -0.2) is 0 Å². The van der Waals surface area contributed by atoms with Crippen molar-refractivity contribution in [1.29, 1.82) is 0 Å². The number of hydrogen-bond donors (Lipinski definition) is 3. The zero-order valence-electron chi connectivity index (χ0n) is 13.1. The SMILES string of the molecule is C/C(=C\NNC(=S)Nc1cc(C)ccc1C)c1ccccc1. The molecule has 0 aliphatic heterocycles. The lowest BCUT2D eigenvalue weighted by atomic mass is 10.1. The number of allylic oxidation sites excluding steroid dienone is 1. The fraction of sp³-hybridized carbons (Fsp3) is 0.167. The molecule has 0 saturated carbocycles. The van der Waals surface area contributed by atoms with Crippen LogP contribution in [0, 0.1) is 13.8 Å². The standard InChI is InChI=1S/C18H21N3S/c1-13-9-10-14(2)17(11-13)20-18(22)21-19-12-15(3)16-7-5-4-6-8-16/h4-12,19H,1-3H3,(H2,20,21,22)/b15-12+. The summed E-state index contributed by atoms with van der Waals surface area (Å²) in [5, 5.41) is 3.73. The van der Waals surface area contributed by atoms with Gasteiger partial charge in [0.05, 0.1) is 0 Å². The largest absolute Gasteiger partial charge is 0.331 e. The number of hydrazine groups is 1. The Balaban J connectivity index is 1.89. The maximum atomic E-state index is 5.29. The molecule has 3 N–H and O–H groups in total. The van der Waals surface area contributed by atoms with E-state index in [0.29, 0.717) is 5.11 Å². The van der Waals surface area contributed by atoms with Crippen LogP contribution >= 0.6 is 12.2 Å². The van der Waals surface area contributed by atoms with Gasteiger partial charge in [0.15, 0.2) is 5.11 Å². The number of benzene rings is 2. The van der Waals surface area contributed by atoms with Crippen molar-refractivity contribution < 1.29 is 0 Å². The van der Waals surface area contributed by atoms with Gasteiger partial charge < -0.3 is 10.7 Å². The van der Waals surface area contributed by atoms with Crippen molar-refractivity contribution in [2.75, 3.05) is 5.32 Å². The summed E-state index contributed by atoms with van der Waals surface area (Å²) in [5.74, 6) is 0. The Labute approximate surface area is 137 Å². The van der Waals surface area contributed by atoms with Crippen molar-refractivity contribution in [3.05, 3.63) is 71.4 Å². The molecule has 0 spiro atoms. The number of aryl methyl sites for hydroxylation is 2. The third-order valence-electron chi connectivity index (χ3n) is 3.34. The number of nitrogens with one attached hydrogen (secondary N) is 3. The Morgan fingerprint density at radius 1 is 1.05 bits per heavy atom. The lowest BCUT2D eigenvalue weighted by Gasteiger charge is -2.13. The molecule has 0 unspecified atom stereocenters. The molecule has 2 rings (SSSR count). The highest BCUT2D eigenvalue weighted by molar-refractivity contribution is 7.80. The fourth-order valence-corrected chi connectivity index (χ4v) is 2.19. The summed E-state index contributed by atoms with van der Waals surface area (Å²) in [6.07, 6.45) is 1.90. The van der Waals surface area contributed by atoms with Crippen LogP contribution in [0.2, 0.25) is 0 Å². The molecule has 0 saturated heterocycles. The molecule has 0 atom stereocenters. The maximum Gasteiger partial charge on any atom is 0.189 e. The summed E-state index contributed by atoms with van der Waals surface area (Å²) >= 11 is 5.29. The monoisotopic (exact) mass is 311 g/mol. The van der Waals surface area contributed by atoms with E-state index in [1.165, 1.54) is 11.1 Å². The third kappa shape index (κ3) is 4.60. The Morgan fingerprint density at radius 3 is 2.50 bits per heavy atom. The zero-order chi connectivity index (χ0) is 15.9. The second-order valence-electron chi connectivity index (χ2n) is 5.24. The van der Waals surface area contributed by atoms with Crippen LogP contribution in [0.15, 0.2) is 54.7 Å². The van der Waals surface area contributed by atoms with E-state index in [9.17, 15) is 0 Å². The molecule has 22 heavy (non-hydrogen) atoms. The molecule has 2 aromatic rings. The van der Waals surface area contributed by atoms with Gasteiger partial charge in [0.2, 0.25) is 0 Å². The van der Waals surface area contributed by atoms with Crippen molar-refractivity contribution >= 4 is 28.6 Å². The predicted octanol–water partition coefficient (Wildman–Crippen LogP) is 4.16. The quantitative estimate of drug-likeness (QED) is 0.585. The van der Waals surface area contributed by atoms with Crippen LogP contribution < -0.4 is 16.2 Å². The van der Waals surface area contributed by atoms with E-state index in [2.05, 4.69) is 60.3 Å². The minimum atomic E-state index is 0.533. The first-order valence-electron chi connectivity index (χ1n) is 7.18. The zero-order valence-corrected chi connectivity index (χ0v) is 13.9. The molecule has 0 aromatic heterocycles. The molecule has 0 bridgehead atoms. The molecule has 3 nitrogen and oxygen atoms in total. The maximum absolute atomic E-state index is 5.29. The van der Waals surface area contributed by atoms with Crippen LogP contribution in [0.5, 0.6) is 0 Å². The predicted molar refractivity (Wildman–Crippen MR) is 98.5 cm³/mol. The summed E-state index contributed by atoms with van der Waals surface area (Å²) in [5.41, 5.74) is 11.7. The van der Waals surface area contributed by atoms with E-state index in [0.717, 1.165) is 16.8 Å². The lowest BCUT2D eigenvalue weighted by molar-refractivity contribution is 0.829. The van der Waals surface area contributed by atoms with Gasteiger partial charge in [-0.1, -0.05) is 42.5 Å². The lowest BCUT2D eigenvalue weighted by Crippen LogP contribution is -2.37. The highest BCUT2D eigenvalue weighted by Gasteiger charge is 2.01. The van der Waals surface area contributed by atoms with E-state index in [-0.39, 0.29) is 0 Å². The van der Waals surface area contributed by atoms with Crippen molar-refractivity contribution in [3.63, 3.8) is 0 Å². The Morgan fingerprint density at radius 2 is 1.77 bits per heavy atom. The molecule has 0 heterocycles. The first-order chi connectivity index (χ1) is 10.6. The highest BCUT2D eigenvalue weighted by Crippen LogP contribution is 2.16. The van der Waals surface area contributed by atoms with Gasteiger partial charge in [-0.15, -0.1) is 0 Å². The highest BCUT2D eigenvalue weighted by atomic mass is 32.1. The number of thiocarbonyl (C=S) groups is 1. The third-order valence-corrected chi connectivity index (χ3v) is 3.55. The molecule has 2 aromatic carbocycles. The van der Waals surface area contributed by atoms with Crippen molar-refractivity contribution in [3.8, 4) is 0 Å². The number of hydrogen-bond acceptors (Lipinski definition) is 2. The van der Waals surface area contributed by atoms with Crippen LogP contribution in [-0.2, 0) is 0 Å². The van der Waals surface area contributed by atoms with Gasteiger partial charge in [-0.05, 0) is 61.3 Å². The average Bonchev–Trinajstić information content (AvgIpc) is 2.51. The number of rotatable bonds is 4. The van der Waals surface area contributed by atoms with E-state index in [4.69, 9.17) is 12.2 Å². The molecule has 0 aliphatic carbocycles. The second-order valence-corrected chi connectivity index (χ2v) is 5.64. The average molecular weight is 311 g/mol. The molecule has 0 amide bonds. The molecule has 114 valence electrons. The first kappa shape index (κ1) is 16.0. The van der Waals surface area contributed by atoms with E-state index < -0.39 is 0 Å². The van der Waals surface area contributed by atoms with Gasteiger partial charge in [0, 0.05) is 11.9 Å². The van der Waals surface area contributed by atoms with Gasteiger partial charge in [0.25, 0.3) is 0 Å². The molecule has 0 radical (unpaired) electrons. The van der Waals surface area contributed by atoms with E-state index in [1.54, 1.807) is 0 Å². The summed E-state index contributed by atoms with van der Waals surface area (Å²) in [7, 11) is 0. The molecule has 0 fully saturated rings. The van der Waals surface area contributed by atoms with E-state index >= 15 is 0 Å². The summed E-state index contributed by atoms with van der Waals surface area (Å²) in [4.78, 5) is 0. The Hall–Kier alpha value is -2.33. The summed E-state index contributed by atoms with van der Waals surface area (Å²) in [6, 6.07) is 16.4. The minimum absolute atomic E-state index is 0.533. The normalized spacial score (nSPS) is 11.0. The van der Waals surface area contributed by atoms with Gasteiger partial charge in [0.1, 0.15) is 0 Å². The van der Waals surface area contributed by atoms with Crippen LogP contribution in [0.1, 0.15) is 23.6 Å². The van der Waals surface area contributed by atoms with E-state index in [1.807, 2.05) is 31.3 Å². The van der Waals surface area contributed by atoms with Crippen LogP contribution in [0.3, 0.4) is 0 Å². The summed E-state index contributed by atoms with van der Waals surface area (Å²) < 4.78 is 0. The van der Waals surface area contributed by atoms with Crippen molar-refractivity contribution in [2.45, 2.75) is 20.8 Å². The van der Waals surface area contributed by atoms with Crippen LogP contribution in [0.25, 0.3) is 5.57 Å². The van der Waals surface area contributed by atoms with Crippen LogP contribution in [-0.4, -0.2) is 5.11 Å². The van der Waals surface area contributed by atoms with Crippen molar-refractivity contribution in [2.24, 2.45) is 0 Å². The van der Waals surface area contributed by atoms with Gasteiger partial charge in [-0.2, -0.15) is 0 Å². The fourth-order valence-electron chi connectivity index (χ4n) is 2.02. The Kier molecular flexibility index (Phi) is 5.55. The second kappa shape index (κ2) is 7.61. The molecule has 0 aliphatic rings. The van der Waals surface area contributed by atoms with Crippen molar-refractivity contribution in [1.82, 2.24) is 10.9 Å². The van der Waals surface area contributed by atoms with Gasteiger partial charge >= 0.3 is 0 Å². The molecular weight excluding hydrogens is 290 g/mol. The smallest absolute Gasteiger partial charge is 0.189 e. The Bertz CT molecular complexity index is 678. The number of anilines is 1. The molecular formula is C18H21N3S. The van der Waals surface area contributed by atoms with Crippen LogP contribution in [0.4, 0.5) is 5.69 Å². The minimum Gasteiger partial charge on any atom is -0.331 e. The molecule has 4 heteroatoms. The summed E-state index contributed by atoms with van der Waals surface area (Å²) in [6.45, 7) is 6.16. The first-order valence-corrected chi connectivity index (χ1v) is 7.59. The van der Waals surface area contributed by atoms with Gasteiger partial charge in [-0.3, -0.25) is 5.43 Å².